The topological polar surface area (TPSA) is 59.1 Å². The predicted octanol–water partition coefficient (Wildman–Crippen LogP) is 2.40. The summed E-state index contributed by atoms with van der Waals surface area (Å²) >= 11 is 1.59. The van der Waals surface area contributed by atoms with Crippen molar-refractivity contribution in [2.45, 2.75) is 19.4 Å². The van der Waals surface area contributed by atoms with Gasteiger partial charge in [0.15, 0.2) is 0 Å². The lowest BCUT2D eigenvalue weighted by atomic mass is 10.0. The first-order chi connectivity index (χ1) is 7.66. The molecule has 1 aromatic carbocycles. The average Bonchev–Trinajstić information content (AvgIpc) is 2.68. The second-order valence-electron chi connectivity index (χ2n) is 3.73. The third kappa shape index (κ3) is 2.40. The Morgan fingerprint density at radius 3 is 2.81 bits per heavy atom. The highest BCUT2D eigenvalue weighted by Crippen LogP contribution is 2.23. The molecule has 0 aliphatic carbocycles. The number of aromatic hydroxyl groups is 1. The Kier molecular flexibility index (Phi) is 3.22. The molecule has 0 aliphatic heterocycles. The number of aromatic nitrogens is 1. The van der Waals surface area contributed by atoms with Crippen molar-refractivity contribution in [1.29, 1.82) is 0 Å². The lowest BCUT2D eigenvalue weighted by molar-refractivity contribution is 0.465. The Hall–Kier alpha value is -1.39. The summed E-state index contributed by atoms with van der Waals surface area (Å²) in [5.74, 6) is 0.296. The van der Waals surface area contributed by atoms with E-state index in [0.29, 0.717) is 12.2 Å². The number of aryl methyl sites for hydroxylation is 1. The molecule has 3 nitrogen and oxygen atoms in total. The van der Waals surface area contributed by atoms with E-state index in [4.69, 9.17) is 5.73 Å². The van der Waals surface area contributed by atoms with Crippen LogP contribution in [0.25, 0.3) is 0 Å². The predicted molar refractivity (Wildman–Crippen MR) is 65.6 cm³/mol. The minimum absolute atomic E-state index is 0.154. The van der Waals surface area contributed by atoms with Crippen LogP contribution in [0.15, 0.2) is 29.6 Å². The van der Waals surface area contributed by atoms with Crippen molar-refractivity contribution in [3.05, 3.63) is 45.9 Å². The maximum atomic E-state index is 9.64. The first-order valence-corrected chi connectivity index (χ1v) is 5.99. The Morgan fingerprint density at radius 1 is 1.44 bits per heavy atom. The molecule has 1 aromatic heterocycles. The van der Waals surface area contributed by atoms with Crippen LogP contribution in [-0.2, 0) is 6.42 Å². The first-order valence-electron chi connectivity index (χ1n) is 5.11. The minimum atomic E-state index is -0.154. The number of hydrogen-bond donors (Lipinski definition) is 2. The largest absolute Gasteiger partial charge is 0.508 e. The summed E-state index contributed by atoms with van der Waals surface area (Å²) in [7, 11) is 0. The van der Waals surface area contributed by atoms with Gasteiger partial charge in [-0.2, -0.15) is 0 Å². The summed E-state index contributed by atoms with van der Waals surface area (Å²) in [6.45, 7) is 1.96. The fourth-order valence-corrected chi connectivity index (χ4v) is 2.25. The monoisotopic (exact) mass is 234 g/mol. The zero-order valence-corrected chi connectivity index (χ0v) is 9.87. The number of para-hydroxylation sites is 1. The number of benzene rings is 1. The van der Waals surface area contributed by atoms with Gasteiger partial charge >= 0.3 is 0 Å². The van der Waals surface area contributed by atoms with Gasteiger partial charge in [-0.15, -0.1) is 11.3 Å². The van der Waals surface area contributed by atoms with Gasteiger partial charge in [0, 0.05) is 5.38 Å². The van der Waals surface area contributed by atoms with Crippen molar-refractivity contribution in [1.82, 2.24) is 4.98 Å². The first kappa shape index (κ1) is 11.1. The molecule has 4 heteroatoms. The Morgan fingerprint density at radius 2 is 2.19 bits per heavy atom. The molecule has 0 saturated carbocycles. The third-order valence-corrected chi connectivity index (χ3v) is 3.24. The van der Waals surface area contributed by atoms with Crippen molar-refractivity contribution < 1.29 is 5.11 Å². The standard InChI is InChI=1S/C12H14N2OS/c1-8-14-11(7-16-8)10(13)6-9-4-2-3-5-12(9)15/h2-5,7,10,15H,6,13H2,1H3. The molecule has 1 heterocycles. The van der Waals surface area contributed by atoms with Gasteiger partial charge < -0.3 is 10.8 Å². The van der Waals surface area contributed by atoms with E-state index in [2.05, 4.69) is 4.98 Å². The van der Waals surface area contributed by atoms with Crippen LogP contribution in [0.2, 0.25) is 0 Å². The maximum absolute atomic E-state index is 9.64. The second kappa shape index (κ2) is 4.63. The molecule has 84 valence electrons. The number of rotatable bonds is 3. The average molecular weight is 234 g/mol. The fraction of sp³-hybridized carbons (Fsp3) is 0.250. The zero-order valence-electron chi connectivity index (χ0n) is 9.05. The number of phenols is 1. The van der Waals surface area contributed by atoms with Gasteiger partial charge in [0.1, 0.15) is 5.75 Å². The minimum Gasteiger partial charge on any atom is -0.508 e. The molecule has 1 atom stereocenters. The molecule has 0 spiro atoms. The molecule has 0 amide bonds. The number of nitrogens with two attached hydrogens (primary N) is 1. The van der Waals surface area contributed by atoms with E-state index in [1.54, 1.807) is 23.5 Å². The number of hydrogen-bond acceptors (Lipinski definition) is 4. The third-order valence-electron chi connectivity index (χ3n) is 2.45. The molecule has 16 heavy (non-hydrogen) atoms. The van der Waals surface area contributed by atoms with Gasteiger partial charge in [0.2, 0.25) is 0 Å². The van der Waals surface area contributed by atoms with Crippen LogP contribution >= 0.6 is 11.3 Å². The number of nitrogens with zero attached hydrogens (tertiary/aromatic N) is 1. The Labute approximate surface area is 98.6 Å². The summed E-state index contributed by atoms with van der Waals surface area (Å²) in [5, 5.41) is 12.6. The van der Waals surface area contributed by atoms with Crippen molar-refractivity contribution >= 4 is 11.3 Å². The van der Waals surface area contributed by atoms with Crippen molar-refractivity contribution in [2.75, 3.05) is 0 Å². The molecule has 0 fully saturated rings. The molecular formula is C12H14N2OS. The highest BCUT2D eigenvalue weighted by atomic mass is 32.1. The highest BCUT2D eigenvalue weighted by molar-refractivity contribution is 7.09. The van der Waals surface area contributed by atoms with E-state index >= 15 is 0 Å². The van der Waals surface area contributed by atoms with Crippen LogP contribution in [0, 0.1) is 6.92 Å². The van der Waals surface area contributed by atoms with Gasteiger partial charge in [-0.05, 0) is 25.0 Å². The van der Waals surface area contributed by atoms with E-state index < -0.39 is 0 Å². The lowest BCUT2D eigenvalue weighted by Gasteiger charge is -2.10. The van der Waals surface area contributed by atoms with Crippen LogP contribution < -0.4 is 5.73 Å². The molecule has 0 radical (unpaired) electrons. The molecule has 0 bridgehead atoms. The summed E-state index contributed by atoms with van der Waals surface area (Å²) in [5.41, 5.74) is 7.80. The van der Waals surface area contributed by atoms with Crippen LogP contribution in [0.1, 0.15) is 22.3 Å². The molecule has 2 aromatic rings. The Balaban J connectivity index is 2.13. The van der Waals surface area contributed by atoms with Gasteiger partial charge in [-0.1, -0.05) is 18.2 Å². The molecular weight excluding hydrogens is 220 g/mol. The Bertz CT molecular complexity index is 481. The molecule has 0 saturated heterocycles. The van der Waals surface area contributed by atoms with E-state index in [1.807, 2.05) is 24.4 Å². The van der Waals surface area contributed by atoms with Crippen molar-refractivity contribution in [3.8, 4) is 5.75 Å². The van der Waals surface area contributed by atoms with Crippen molar-refractivity contribution in [3.63, 3.8) is 0 Å². The maximum Gasteiger partial charge on any atom is 0.118 e. The fourth-order valence-electron chi connectivity index (χ4n) is 1.58. The smallest absolute Gasteiger partial charge is 0.118 e. The van der Waals surface area contributed by atoms with Gasteiger partial charge in [0.05, 0.1) is 16.7 Å². The van der Waals surface area contributed by atoms with Crippen molar-refractivity contribution in [2.24, 2.45) is 5.73 Å². The summed E-state index contributed by atoms with van der Waals surface area (Å²) < 4.78 is 0. The van der Waals surface area contributed by atoms with Crippen LogP contribution in [0.4, 0.5) is 0 Å². The SMILES string of the molecule is Cc1nc(C(N)Cc2ccccc2O)cs1. The van der Waals surface area contributed by atoms with Crippen LogP contribution in [-0.4, -0.2) is 10.1 Å². The van der Waals surface area contributed by atoms with E-state index in [9.17, 15) is 5.11 Å². The molecule has 1 unspecified atom stereocenters. The van der Waals surface area contributed by atoms with E-state index in [0.717, 1.165) is 16.3 Å². The second-order valence-corrected chi connectivity index (χ2v) is 4.79. The van der Waals surface area contributed by atoms with Gasteiger partial charge in [0.25, 0.3) is 0 Å². The summed E-state index contributed by atoms with van der Waals surface area (Å²) in [6.07, 6.45) is 0.607. The van der Waals surface area contributed by atoms with Crippen LogP contribution in [0.5, 0.6) is 5.75 Å². The number of phenolic OH excluding ortho intramolecular Hbond substituents is 1. The summed E-state index contributed by atoms with van der Waals surface area (Å²) in [4.78, 5) is 4.35. The molecule has 2 rings (SSSR count). The van der Waals surface area contributed by atoms with E-state index in [1.165, 1.54) is 0 Å². The molecule has 3 N–H and O–H groups in total. The number of thiazole rings is 1. The van der Waals surface area contributed by atoms with Gasteiger partial charge in [-0.3, -0.25) is 0 Å². The van der Waals surface area contributed by atoms with E-state index in [-0.39, 0.29) is 6.04 Å². The normalized spacial score (nSPS) is 12.6. The lowest BCUT2D eigenvalue weighted by Crippen LogP contribution is -2.13. The highest BCUT2D eigenvalue weighted by Gasteiger charge is 2.12. The molecule has 0 aliphatic rings. The van der Waals surface area contributed by atoms with Gasteiger partial charge in [-0.25, -0.2) is 4.98 Å². The quantitative estimate of drug-likeness (QED) is 0.857. The van der Waals surface area contributed by atoms with Crippen LogP contribution in [0.3, 0.4) is 0 Å². The summed E-state index contributed by atoms with van der Waals surface area (Å²) in [6, 6.07) is 7.10. The zero-order chi connectivity index (χ0) is 11.5.